The SMILES string of the molecule is O=Cc1ccccc1C(C(OC(=O)c1ccc([N+](=O)[O-])cc1)c1ccccc1CS(=O)(=O)c1ccccc1)S(=O)(=O)c1ccccc1. The van der Waals surface area contributed by atoms with Crippen LogP contribution in [0.25, 0.3) is 0 Å². The molecule has 2 atom stereocenters. The van der Waals surface area contributed by atoms with Crippen molar-refractivity contribution in [1.82, 2.24) is 0 Å². The number of hydrogen-bond donors (Lipinski definition) is 0. The van der Waals surface area contributed by atoms with Crippen molar-refractivity contribution in [1.29, 1.82) is 0 Å². The van der Waals surface area contributed by atoms with Crippen molar-refractivity contribution in [2.45, 2.75) is 26.9 Å². The molecule has 0 saturated heterocycles. The Kier molecular flexibility index (Phi) is 9.73. The lowest BCUT2D eigenvalue weighted by Gasteiger charge is -2.30. The molecule has 0 aliphatic rings. The fourth-order valence-corrected chi connectivity index (χ4v) is 8.49. The maximum Gasteiger partial charge on any atom is 0.338 e. The molecule has 12 heteroatoms. The number of nitro benzene ring substituents is 1. The summed E-state index contributed by atoms with van der Waals surface area (Å²) in [5.74, 6) is -1.59. The van der Waals surface area contributed by atoms with Gasteiger partial charge in [-0.1, -0.05) is 84.9 Å². The summed E-state index contributed by atoms with van der Waals surface area (Å²) >= 11 is 0. The number of rotatable bonds is 12. The van der Waals surface area contributed by atoms with Gasteiger partial charge in [0.15, 0.2) is 19.7 Å². The minimum atomic E-state index is -4.47. The van der Waals surface area contributed by atoms with E-state index in [2.05, 4.69) is 0 Å². The lowest BCUT2D eigenvalue weighted by molar-refractivity contribution is -0.384. The number of hydrogen-bond acceptors (Lipinski definition) is 9. The van der Waals surface area contributed by atoms with Crippen molar-refractivity contribution in [3.63, 3.8) is 0 Å². The summed E-state index contributed by atoms with van der Waals surface area (Å²) in [5, 5.41) is 9.47. The number of carbonyl (C=O) groups is 2. The molecule has 2 unspecified atom stereocenters. The van der Waals surface area contributed by atoms with Gasteiger partial charge >= 0.3 is 5.97 Å². The van der Waals surface area contributed by atoms with Crippen molar-refractivity contribution in [2.75, 3.05) is 0 Å². The molecule has 0 aliphatic carbocycles. The number of nitro groups is 1. The Morgan fingerprint density at radius 3 is 1.83 bits per heavy atom. The Morgan fingerprint density at radius 1 is 0.702 bits per heavy atom. The fourth-order valence-electron chi connectivity index (χ4n) is 5.18. The van der Waals surface area contributed by atoms with Crippen LogP contribution in [0, 0.1) is 10.1 Å². The van der Waals surface area contributed by atoms with Gasteiger partial charge in [0.05, 0.1) is 26.0 Å². The number of sulfone groups is 2. The lowest BCUT2D eigenvalue weighted by atomic mass is 9.94. The average Bonchev–Trinajstić information content (AvgIpc) is 3.09. The maximum atomic E-state index is 14.6. The smallest absolute Gasteiger partial charge is 0.338 e. The zero-order chi connectivity index (χ0) is 33.6. The summed E-state index contributed by atoms with van der Waals surface area (Å²) in [4.78, 5) is 36.4. The van der Waals surface area contributed by atoms with E-state index in [1.54, 1.807) is 42.5 Å². The third-order valence-corrected chi connectivity index (χ3v) is 11.2. The second-order valence-corrected chi connectivity index (χ2v) is 14.5. The van der Waals surface area contributed by atoms with E-state index in [9.17, 15) is 36.5 Å². The minimum Gasteiger partial charge on any atom is -0.452 e. The number of benzene rings is 5. The molecule has 0 aromatic heterocycles. The van der Waals surface area contributed by atoms with Crippen LogP contribution in [-0.4, -0.2) is 34.0 Å². The van der Waals surface area contributed by atoms with Gasteiger partial charge < -0.3 is 4.74 Å². The third-order valence-electron chi connectivity index (χ3n) is 7.47. The predicted molar refractivity (Wildman–Crippen MR) is 173 cm³/mol. The first-order valence-corrected chi connectivity index (χ1v) is 17.4. The van der Waals surface area contributed by atoms with Crippen LogP contribution in [0.15, 0.2) is 143 Å². The monoisotopic (exact) mass is 669 g/mol. The van der Waals surface area contributed by atoms with Gasteiger partial charge in [0.25, 0.3) is 5.69 Å². The minimum absolute atomic E-state index is 0.0165. The summed E-state index contributed by atoms with van der Waals surface area (Å²) in [7, 11) is -8.43. The van der Waals surface area contributed by atoms with Gasteiger partial charge in [0.2, 0.25) is 0 Å². The summed E-state index contributed by atoms with van der Waals surface area (Å²) < 4.78 is 62.2. The Labute approximate surface area is 271 Å². The van der Waals surface area contributed by atoms with Crippen LogP contribution in [0.2, 0.25) is 0 Å². The Balaban J connectivity index is 1.74. The molecule has 0 fully saturated rings. The molecule has 0 amide bonds. The van der Waals surface area contributed by atoms with Crippen LogP contribution in [0.5, 0.6) is 0 Å². The van der Waals surface area contributed by atoms with E-state index in [4.69, 9.17) is 4.74 Å². The average molecular weight is 670 g/mol. The fraction of sp³-hybridized carbons (Fsp3) is 0.0857. The first kappa shape index (κ1) is 32.9. The number of esters is 1. The van der Waals surface area contributed by atoms with Gasteiger partial charge in [-0.15, -0.1) is 0 Å². The van der Waals surface area contributed by atoms with Crippen LogP contribution in [0.4, 0.5) is 5.69 Å². The zero-order valence-corrected chi connectivity index (χ0v) is 26.2. The van der Waals surface area contributed by atoms with E-state index < -0.39 is 47.7 Å². The van der Waals surface area contributed by atoms with E-state index in [0.29, 0.717) is 6.29 Å². The van der Waals surface area contributed by atoms with Crippen molar-refractivity contribution in [3.05, 3.63) is 171 Å². The Morgan fingerprint density at radius 2 is 1.23 bits per heavy atom. The molecule has 5 rings (SSSR count). The molecule has 10 nitrogen and oxygen atoms in total. The van der Waals surface area contributed by atoms with Crippen molar-refractivity contribution >= 4 is 37.6 Å². The second-order valence-electron chi connectivity index (χ2n) is 10.4. The van der Waals surface area contributed by atoms with Gasteiger partial charge in [0, 0.05) is 17.7 Å². The maximum absolute atomic E-state index is 14.6. The normalized spacial score (nSPS) is 12.9. The Hall–Kier alpha value is -5.46. The number of non-ortho nitro benzene ring substituents is 1. The molecule has 5 aromatic carbocycles. The highest BCUT2D eigenvalue weighted by molar-refractivity contribution is 7.91. The molecular formula is C35H27NO9S2. The van der Waals surface area contributed by atoms with E-state index >= 15 is 0 Å². The summed E-state index contributed by atoms with van der Waals surface area (Å²) in [6.07, 6.45) is -1.20. The second kappa shape index (κ2) is 13.9. The van der Waals surface area contributed by atoms with Crippen molar-refractivity contribution in [3.8, 4) is 0 Å². The molecule has 47 heavy (non-hydrogen) atoms. The van der Waals surface area contributed by atoms with Gasteiger partial charge in [-0.25, -0.2) is 21.6 Å². The molecule has 0 heterocycles. The van der Waals surface area contributed by atoms with Crippen molar-refractivity contribution < 1.29 is 36.1 Å². The van der Waals surface area contributed by atoms with E-state index in [0.717, 1.165) is 12.1 Å². The Bertz CT molecular complexity index is 2130. The third kappa shape index (κ3) is 7.19. The predicted octanol–water partition coefficient (Wildman–Crippen LogP) is 6.49. The summed E-state index contributed by atoms with van der Waals surface area (Å²) in [5.41, 5.74) is -0.118. The highest BCUT2D eigenvalue weighted by Gasteiger charge is 2.42. The van der Waals surface area contributed by atoms with Crippen LogP contribution in [0.3, 0.4) is 0 Å². The quantitative estimate of drug-likeness (QED) is 0.0627. The molecule has 0 aliphatic heterocycles. The van der Waals surface area contributed by atoms with E-state index in [-0.39, 0.29) is 43.3 Å². The molecular weight excluding hydrogens is 643 g/mol. The molecule has 0 N–H and O–H groups in total. The van der Waals surface area contributed by atoms with Gasteiger partial charge in [-0.05, 0) is 53.1 Å². The molecule has 0 saturated carbocycles. The topological polar surface area (TPSA) is 155 Å². The molecule has 0 radical (unpaired) electrons. The first-order valence-electron chi connectivity index (χ1n) is 14.2. The first-order chi connectivity index (χ1) is 22.5. The molecule has 238 valence electrons. The molecule has 0 bridgehead atoms. The van der Waals surface area contributed by atoms with Gasteiger partial charge in [0.1, 0.15) is 17.6 Å². The molecule has 5 aromatic rings. The number of aldehydes is 1. The number of nitrogens with zero attached hydrogens (tertiary/aromatic N) is 1. The summed E-state index contributed by atoms with van der Waals surface area (Å²) in [6, 6.07) is 31.7. The molecule has 0 spiro atoms. The van der Waals surface area contributed by atoms with E-state index in [1.165, 1.54) is 78.9 Å². The van der Waals surface area contributed by atoms with Gasteiger partial charge in [-0.3, -0.25) is 14.9 Å². The zero-order valence-electron chi connectivity index (χ0n) is 24.6. The highest BCUT2D eigenvalue weighted by Crippen LogP contribution is 2.44. The van der Waals surface area contributed by atoms with Crippen LogP contribution in [-0.2, 0) is 30.2 Å². The van der Waals surface area contributed by atoms with Gasteiger partial charge in [-0.2, -0.15) is 0 Å². The van der Waals surface area contributed by atoms with E-state index in [1.807, 2.05) is 0 Å². The number of ether oxygens (including phenoxy) is 1. The van der Waals surface area contributed by atoms with Crippen LogP contribution < -0.4 is 0 Å². The summed E-state index contributed by atoms with van der Waals surface area (Å²) in [6.45, 7) is 0. The lowest BCUT2D eigenvalue weighted by Crippen LogP contribution is -2.27. The van der Waals surface area contributed by atoms with Crippen LogP contribution >= 0.6 is 0 Å². The van der Waals surface area contributed by atoms with Crippen LogP contribution in [0.1, 0.15) is 48.8 Å². The number of carbonyl (C=O) groups excluding carboxylic acids is 2. The largest absolute Gasteiger partial charge is 0.452 e. The standard InChI is InChI=1S/C35H27NO9S2/c37-23-26-11-7-10-18-32(26)34(47(43,44)30-15-5-2-6-16-30)33(45-35(38)25-19-21-28(22-20-25)36(39)40)31-17-9-8-12-27(31)24-46(41,42)29-13-3-1-4-14-29/h1-23,33-34H,24H2. The highest BCUT2D eigenvalue weighted by atomic mass is 32.2. The van der Waals surface area contributed by atoms with Crippen molar-refractivity contribution in [2.24, 2.45) is 0 Å².